The Morgan fingerprint density at radius 1 is 1.24 bits per heavy atom. The van der Waals surface area contributed by atoms with Crippen LogP contribution in [0.25, 0.3) is 0 Å². The first kappa shape index (κ1) is 16.9. The predicted octanol–water partition coefficient (Wildman–Crippen LogP) is 0.918. The molecule has 0 saturated carbocycles. The molecule has 0 fully saturated rings. The van der Waals surface area contributed by atoms with Gasteiger partial charge in [-0.2, -0.15) is 0 Å². The number of carbonyl (C=O) groups excluding carboxylic acids is 1. The first-order valence-corrected chi connectivity index (χ1v) is 6.60. The van der Waals surface area contributed by atoms with Crippen LogP contribution >= 0.6 is 0 Å². The Hall–Kier alpha value is -2.18. The lowest BCUT2D eigenvalue weighted by atomic mass is 9.74. The van der Waals surface area contributed by atoms with E-state index in [1.54, 1.807) is 58.1 Å². The number of anilines is 1. The summed E-state index contributed by atoms with van der Waals surface area (Å²) in [6.45, 7) is 6.60. The second-order valence-electron chi connectivity index (χ2n) is 6.01. The molecule has 1 amide bonds. The van der Waals surface area contributed by atoms with E-state index in [1.165, 1.54) is 0 Å². The molecule has 0 unspecified atom stereocenters. The first-order valence-electron chi connectivity index (χ1n) is 6.60. The third-order valence-corrected chi connectivity index (χ3v) is 3.82. The van der Waals surface area contributed by atoms with E-state index in [4.69, 9.17) is 0 Å². The van der Waals surface area contributed by atoms with Crippen molar-refractivity contribution in [3.05, 3.63) is 18.5 Å². The number of hydrogen-bond donors (Lipinski definition) is 2. The molecular weight excluding hydrogens is 272 g/mol. The lowest BCUT2D eigenvalue weighted by molar-refractivity contribution is -0.151. The van der Waals surface area contributed by atoms with Crippen LogP contribution in [-0.2, 0) is 9.59 Å². The van der Waals surface area contributed by atoms with E-state index in [0.717, 1.165) is 0 Å². The fourth-order valence-corrected chi connectivity index (χ4v) is 1.59. The quantitative estimate of drug-likeness (QED) is 0.810. The number of aromatic nitrogens is 2. The Morgan fingerprint density at radius 3 is 2.24 bits per heavy atom. The van der Waals surface area contributed by atoms with Crippen molar-refractivity contribution < 1.29 is 14.7 Å². The van der Waals surface area contributed by atoms with Gasteiger partial charge in [-0.05, 0) is 33.8 Å². The van der Waals surface area contributed by atoms with E-state index in [2.05, 4.69) is 15.3 Å². The van der Waals surface area contributed by atoms with Crippen LogP contribution in [0.15, 0.2) is 18.5 Å². The summed E-state index contributed by atoms with van der Waals surface area (Å²) in [5, 5.41) is 12.0. The third-order valence-electron chi connectivity index (χ3n) is 3.82. The van der Waals surface area contributed by atoms with Crippen molar-refractivity contribution >= 4 is 17.8 Å². The summed E-state index contributed by atoms with van der Waals surface area (Å²) in [7, 11) is 1.70. The molecule has 21 heavy (non-hydrogen) atoms. The molecule has 0 spiro atoms. The van der Waals surface area contributed by atoms with Crippen molar-refractivity contribution in [2.24, 2.45) is 5.41 Å². The summed E-state index contributed by atoms with van der Waals surface area (Å²) >= 11 is 0. The molecule has 7 heteroatoms. The molecule has 0 aromatic carbocycles. The van der Waals surface area contributed by atoms with E-state index in [-0.39, 0.29) is 12.5 Å². The normalized spacial score (nSPS) is 11.9. The number of likely N-dealkylation sites (N-methyl/N-ethyl adjacent to an activating group) is 1. The fourth-order valence-electron chi connectivity index (χ4n) is 1.59. The summed E-state index contributed by atoms with van der Waals surface area (Å²) in [6.07, 6.45) is 3.18. The van der Waals surface area contributed by atoms with Gasteiger partial charge in [-0.3, -0.25) is 9.59 Å². The van der Waals surface area contributed by atoms with E-state index in [1.807, 2.05) is 0 Å². The molecule has 7 nitrogen and oxygen atoms in total. The summed E-state index contributed by atoms with van der Waals surface area (Å²) in [5.41, 5.74) is -1.99. The second kappa shape index (κ2) is 6.07. The van der Waals surface area contributed by atoms with Crippen LogP contribution in [0.3, 0.4) is 0 Å². The zero-order valence-corrected chi connectivity index (χ0v) is 13.0. The van der Waals surface area contributed by atoms with Crippen LogP contribution in [0, 0.1) is 5.41 Å². The van der Waals surface area contributed by atoms with Gasteiger partial charge >= 0.3 is 5.97 Å². The number of nitrogens with one attached hydrogen (secondary N) is 1. The second-order valence-corrected chi connectivity index (χ2v) is 6.01. The molecule has 1 heterocycles. The topological polar surface area (TPSA) is 95.4 Å². The number of rotatable bonds is 6. The van der Waals surface area contributed by atoms with Gasteiger partial charge in [-0.1, -0.05) is 0 Å². The van der Waals surface area contributed by atoms with Gasteiger partial charge in [0.15, 0.2) is 0 Å². The van der Waals surface area contributed by atoms with Gasteiger partial charge in [0.25, 0.3) is 0 Å². The number of hydrogen-bond acceptors (Lipinski definition) is 5. The largest absolute Gasteiger partial charge is 0.481 e. The third kappa shape index (κ3) is 3.90. The summed E-state index contributed by atoms with van der Waals surface area (Å²) in [6, 6.07) is 1.69. The van der Waals surface area contributed by atoms with Gasteiger partial charge in [-0.15, -0.1) is 0 Å². The van der Waals surface area contributed by atoms with Crippen molar-refractivity contribution in [1.29, 1.82) is 0 Å². The highest BCUT2D eigenvalue weighted by molar-refractivity contribution is 5.83. The number of carbonyl (C=O) groups is 2. The van der Waals surface area contributed by atoms with Gasteiger partial charge < -0.3 is 15.3 Å². The first-order chi connectivity index (χ1) is 9.58. The monoisotopic (exact) mass is 294 g/mol. The minimum absolute atomic E-state index is 0.0448. The smallest absolute Gasteiger partial charge is 0.311 e. The van der Waals surface area contributed by atoms with Crippen LogP contribution in [0.5, 0.6) is 0 Å². The van der Waals surface area contributed by atoms with E-state index < -0.39 is 16.9 Å². The van der Waals surface area contributed by atoms with Gasteiger partial charge in [0.2, 0.25) is 11.9 Å². The van der Waals surface area contributed by atoms with Gasteiger partial charge in [-0.25, -0.2) is 9.97 Å². The van der Waals surface area contributed by atoms with Crippen molar-refractivity contribution in [3.63, 3.8) is 0 Å². The minimum atomic E-state index is -1.09. The maximum absolute atomic E-state index is 12.1. The van der Waals surface area contributed by atoms with Crippen LogP contribution in [0.2, 0.25) is 0 Å². The molecule has 1 aromatic heterocycles. The van der Waals surface area contributed by atoms with Gasteiger partial charge in [0, 0.05) is 19.4 Å². The SMILES string of the molecule is CN(CC(=O)NC(C)(C)C(C)(C)C(=O)O)c1ncccn1. The Kier molecular flexibility index (Phi) is 4.88. The van der Waals surface area contributed by atoms with Crippen LogP contribution < -0.4 is 10.2 Å². The van der Waals surface area contributed by atoms with Gasteiger partial charge in [0.1, 0.15) is 0 Å². The maximum atomic E-state index is 12.1. The zero-order chi connectivity index (χ0) is 16.3. The summed E-state index contributed by atoms with van der Waals surface area (Å²) in [5.74, 6) is -0.820. The van der Waals surface area contributed by atoms with Crippen molar-refractivity contribution in [1.82, 2.24) is 15.3 Å². The molecule has 1 rings (SSSR count). The highest BCUT2D eigenvalue weighted by Crippen LogP contribution is 2.30. The van der Waals surface area contributed by atoms with E-state index in [0.29, 0.717) is 5.95 Å². The van der Waals surface area contributed by atoms with Crippen molar-refractivity contribution in [3.8, 4) is 0 Å². The molecule has 0 bridgehead atoms. The fraction of sp³-hybridized carbons (Fsp3) is 0.571. The Labute approximate surface area is 124 Å². The molecule has 0 radical (unpaired) electrons. The Bertz CT molecular complexity index is 514. The Morgan fingerprint density at radius 2 is 1.76 bits per heavy atom. The summed E-state index contributed by atoms with van der Waals surface area (Å²) < 4.78 is 0. The molecule has 0 atom stereocenters. The molecule has 0 aliphatic carbocycles. The number of carboxylic acids is 1. The molecule has 0 aliphatic heterocycles. The molecule has 116 valence electrons. The minimum Gasteiger partial charge on any atom is -0.481 e. The van der Waals surface area contributed by atoms with Crippen LogP contribution in [0.4, 0.5) is 5.95 Å². The molecule has 0 aliphatic rings. The average Bonchev–Trinajstić information content (AvgIpc) is 2.38. The Balaban J connectivity index is 2.71. The lowest BCUT2D eigenvalue weighted by Gasteiger charge is -2.39. The number of carboxylic acid groups (broad SMARTS) is 1. The predicted molar refractivity (Wildman–Crippen MR) is 78.9 cm³/mol. The van der Waals surface area contributed by atoms with Crippen LogP contribution in [-0.4, -0.2) is 46.1 Å². The van der Waals surface area contributed by atoms with E-state index >= 15 is 0 Å². The maximum Gasteiger partial charge on any atom is 0.311 e. The standard InChI is InChI=1S/C14H22N4O3/c1-13(2,11(20)21)14(3,4)17-10(19)9-18(5)12-15-7-6-8-16-12/h6-8H,9H2,1-5H3,(H,17,19)(H,20,21). The molecule has 1 aromatic rings. The van der Waals surface area contributed by atoms with Crippen molar-refractivity contribution in [2.75, 3.05) is 18.5 Å². The summed E-state index contributed by atoms with van der Waals surface area (Å²) in [4.78, 5) is 33.1. The zero-order valence-electron chi connectivity index (χ0n) is 13.0. The van der Waals surface area contributed by atoms with Gasteiger partial charge in [0.05, 0.1) is 17.5 Å². The lowest BCUT2D eigenvalue weighted by Crippen LogP contribution is -2.58. The highest BCUT2D eigenvalue weighted by Gasteiger charge is 2.44. The van der Waals surface area contributed by atoms with E-state index in [9.17, 15) is 14.7 Å². The number of nitrogens with zero attached hydrogens (tertiary/aromatic N) is 3. The number of amides is 1. The molecule has 0 saturated heterocycles. The van der Waals surface area contributed by atoms with Crippen molar-refractivity contribution in [2.45, 2.75) is 33.2 Å². The number of aliphatic carboxylic acids is 1. The molecular formula is C14H22N4O3. The highest BCUT2D eigenvalue weighted by atomic mass is 16.4. The molecule has 2 N–H and O–H groups in total. The average molecular weight is 294 g/mol. The van der Waals surface area contributed by atoms with Crippen LogP contribution in [0.1, 0.15) is 27.7 Å².